The van der Waals surface area contributed by atoms with Crippen LogP contribution in [0.2, 0.25) is 0 Å². The Kier molecular flexibility index (Phi) is 9.31. The average Bonchev–Trinajstić information content (AvgIpc) is 3.34. The van der Waals surface area contributed by atoms with Crippen molar-refractivity contribution >= 4 is 17.9 Å². The first-order valence-electron chi connectivity index (χ1n) is 19.8. The third-order valence-corrected chi connectivity index (χ3v) is 15.8. The Labute approximate surface area is 311 Å². The lowest BCUT2D eigenvalue weighted by molar-refractivity contribution is -0.301. The molecule has 19 atom stereocenters. The Morgan fingerprint density at radius 2 is 1.72 bits per heavy atom. The van der Waals surface area contributed by atoms with Gasteiger partial charge in [-0.25, -0.2) is 4.79 Å². The highest BCUT2D eigenvalue weighted by Gasteiger charge is 2.88. The second-order valence-corrected chi connectivity index (χ2v) is 18.8. The van der Waals surface area contributed by atoms with Gasteiger partial charge >= 0.3 is 17.9 Å². The monoisotopic (exact) mass is 751 g/mol. The maximum atomic E-state index is 13.7. The van der Waals surface area contributed by atoms with Gasteiger partial charge in [0.05, 0.1) is 35.2 Å². The predicted molar refractivity (Wildman–Crippen MR) is 185 cm³/mol. The molecule has 3 heterocycles. The van der Waals surface area contributed by atoms with E-state index in [9.17, 15) is 45.0 Å². The minimum absolute atomic E-state index is 0.00543. The van der Waals surface area contributed by atoms with Gasteiger partial charge in [0.2, 0.25) is 5.79 Å². The van der Waals surface area contributed by atoms with E-state index in [-0.39, 0.29) is 25.3 Å². The highest BCUT2D eigenvalue weighted by Crippen LogP contribution is 2.77. The molecular formula is C39H61NO13. The number of hydrogen-bond acceptors (Lipinski definition) is 14. The van der Waals surface area contributed by atoms with Crippen molar-refractivity contribution < 1.29 is 64.0 Å². The number of ether oxygens (including phenoxy) is 4. The van der Waals surface area contributed by atoms with E-state index in [1.54, 1.807) is 13.8 Å². The van der Waals surface area contributed by atoms with Crippen molar-refractivity contribution in [2.24, 2.45) is 46.8 Å². The number of hydrogen-bond donors (Lipinski definition) is 6. The Morgan fingerprint density at radius 1 is 1.04 bits per heavy atom. The number of rotatable bonds is 7. The van der Waals surface area contributed by atoms with E-state index in [1.807, 2.05) is 13.8 Å². The van der Waals surface area contributed by atoms with Crippen LogP contribution in [0, 0.1) is 46.8 Å². The smallest absolute Gasteiger partial charge is 0.341 e. The molecule has 53 heavy (non-hydrogen) atoms. The molecule has 0 radical (unpaired) electrons. The predicted octanol–water partition coefficient (Wildman–Crippen LogP) is 1.04. The Morgan fingerprint density at radius 3 is 2.34 bits per heavy atom. The maximum absolute atomic E-state index is 13.7. The van der Waals surface area contributed by atoms with E-state index < -0.39 is 118 Å². The van der Waals surface area contributed by atoms with Gasteiger partial charge in [0, 0.05) is 43.3 Å². The van der Waals surface area contributed by atoms with E-state index in [1.165, 1.54) is 13.8 Å². The minimum Gasteiger partial charge on any atom is -0.462 e. The van der Waals surface area contributed by atoms with Gasteiger partial charge < -0.3 is 49.6 Å². The van der Waals surface area contributed by atoms with Gasteiger partial charge in [-0.2, -0.15) is 0 Å². The molecule has 0 aromatic carbocycles. The summed E-state index contributed by atoms with van der Waals surface area (Å²) in [7, 11) is 0. The van der Waals surface area contributed by atoms with E-state index in [0.717, 1.165) is 26.3 Å². The minimum atomic E-state index is -2.27. The molecule has 7 aliphatic rings. The van der Waals surface area contributed by atoms with Crippen LogP contribution in [0.15, 0.2) is 0 Å². The molecular weight excluding hydrogens is 690 g/mol. The van der Waals surface area contributed by atoms with Crippen molar-refractivity contribution in [3.8, 4) is 0 Å². The number of fused-ring (bicyclic) bond motifs is 5. The number of carbonyl (C=O) groups excluding carboxylic acids is 3. The molecule has 3 aliphatic heterocycles. The summed E-state index contributed by atoms with van der Waals surface area (Å²) in [5.41, 5.74) is -8.08. The summed E-state index contributed by atoms with van der Waals surface area (Å²) in [6.07, 6.45) is -4.20. The zero-order valence-electron chi connectivity index (χ0n) is 32.4. The van der Waals surface area contributed by atoms with Crippen LogP contribution < -0.4 is 0 Å². The number of carbonyl (C=O) groups is 3. The van der Waals surface area contributed by atoms with Crippen molar-refractivity contribution in [3.05, 3.63) is 0 Å². The molecule has 4 bridgehead atoms. The van der Waals surface area contributed by atoms with Crippen LogP contribution in [-0.2, 0) is 33.3 Å². The van der Waals surface area contributed by atoms with Gasteiger partial charge in [0.25, 0.3) is 0 Å². The lowest BCUT2D eigenvalue weighted by Crippen LogP contribution is -2.77. The second-order valence-electron chi connectivity index (χ2n) is 18.8. The Hall–Kier alpha value is -1.91. The Bertz CT molecular complexity index is 1500. The van der Waals surface area contributed by atoms with Gasteiger partial charge in [0.1, 0.15) is 11.7 Å². The molecule has 6 N–H and O–H groups in total. The summed E-state index contributed by atoms with van der Waals surface area (Å²) in [6.45, 7) is 14.2. The van der Waals surface area contributed by atoms with Crippen LogP contribution in [0.5, 0.6) is 0 Å². The van der Waals surface area contributed by atoms with Crippen LogP contribution in [0.1, 0.15) is 100 Å². The fraction of sp³-hybridized carbons (Fsp3) is 0.923. The normalized spacial score (nSPS) is 52.1. The standard InChI is InChI=1S/C39H61NO13/c1-9-19(3)32(44)52-31-29(43)28-22(17-40-16-18(2)10-11-26(40)36(28,8)47)23-15-37-30(38(23,31)48)24(50-21(5)42)14-25-34(37,6)13-12-27(39(25,49)53-37)51-33(45)35(7,46)20(4)41/h18-20,22-31,41,43,46-49H,9-17H2,1-8H3/t18-,19+,20+,22-,23-,24+,25-,26-,27-,28+,29+,30+,31-,34-,35+,36-,37+,38-,39+/m0/s1. The summed E-state index contributed by atoms with van der Waals surface area (Å²) in [5, 5.41) is 72.3. The summed E-state index contributed by atoms with van der Waals surface area (Å²) >= 11 is 0. The quantitative estimate of drug-likeness (QED) is 0.159. The molecule has 7 rings (SSSR count). The molecule has 14 nitrogen and oxygen atoms in total. The first-order chi connectivity index (χ1) is 24.5. The van der Waals surface area contributed by atoms with E-state index >= 15 is 0 Å². The van der Waals surface area contributed by atoms with Crippen molar-refractivity contribution in [2.75, 3.05) is 13.1 Å². The summed E-state index contributed by atoms with van der Waals surface area (Å²) < 4.78 is 25.0. The molecule has 0 amide bonds. The van der Waals surface area contributed by atoms with Crippen LogP contribution in [0.25, 0.3) is 0 Å². The molecule has 7 fully saturated rings. The first-order valence-corrected chi connectivity index (χ1v) is 19.8. The van der Waals surface area contributed by atoms with Gasteiger partial charge in [-0.3, -0.25) is 14.5 Å². The van der Waals surface area contributed by atoms with Crippen molar-refractivity contribution in [3.63, 3.8) is 0 Å². The highest BCUT2D eigenvalue weighted by atomic mass is 16.7. The van der Waals surface area contributed by atoms with E-state index in [4.69, 9.17) is 18.9 Å². The Balaban J connectivity index is 1.38. The molecule has 1 spiro atoms. The van der Waals surface area contributed by atoms with Crippen molar-refractivity contribution in [1.82, 2.24) is 4.90 Å². The third kappa shape index (κ3) is 5.21. The highest BCUT2D eigenvalue weighted by molar-refractivity contribution is 5.79. The average molecular weight is 752 g/mol. The molecule has 3 saturated heterocycles. The van der Waals surface area contributed by atoms with E-state index in [0.29, 0.717) is 25.3 Å². The van der Waals surface area contributed by atoms with Gasteiger partial charge in [-0.1, -0.05) is 27.7 Å². The zero-order chi connectivity index (χ0) is 39.0. The SMILES string of the molecule is CC[C@@H](C)C(=O)O[C@H]1[C@H](O)[C@H]2[C@@H](CN3C[C@@H](C)CC[C@H]3[C@]2(C)O)[C@@H]2C[C@]34O[C@@]5(O)[C@@H](OC(=O)[C@](C)(O)[C@@H](C)O)CC[C@@]3(C)[C@@H]5C[C@@H](OC(C)=O)[C@H]4[C@@]21O. The molecule has 0 unspecified atom stereocenters. The van der Waals surface area contributed by atoms with E-state index in [2.05, 4.69) is 11.8 Å². The summed E-state index contributed by atoms with van der Waals surface area (Å²) in [5.74, 6) is -8.68. The fourth-order valence-corrected chi connectivity index (χ4v) is 12.8. The van der Waals surface area contributed by atoms with Gasteiger partial charge in [-0.05, 0) is 83.5 Å². The molecule has 300 valence electrons. The molecule has 0 aromatic heterocycles. The number of esters is 3. The first kappa shape index (κ1) is 39.3. The number of aliphatic hydroxyl groups excluding tert-OH is 2. The maximum Gasteiger partial charge on any atom is 0.341 e. The van der Waals surface area contributed by atoms with Gasteiger partial charge in [-0.15, -0.1) is 0 Å². The van der Waals surface area contributed by atoms with Gasteiger partial charge in [0.15, 0.2) is 17.8 Å². The lowest BCUT2D eigenvalue weighted by atomic mass is 9.49. The number of piperidine rings is 2. The summed E-state index contributed by atoms with van der Waals surface area (Å²) in [4.78, 5) is 42.0. The van der Waals surface area contributed by atoms with Crippen LogP contribution >= 0.6 is 0 Å². The molecule has 14 heteroatoms. The molecule has 4 saturated carbocycles. The van der Waals surface area contributed by atoms with Crippen LogP contribution in [0.4, 0.5) is 0 Å². The third-order valence-electron chi connectivity index (χ3n) is 15.8. The summed E-state index contributed by atoms with van der Waals surface area (Å²) in [6, 6.07) is -0.263. The largest absolute Gasteiger partial charge is 0.462 e. The molecule has 4 aliphatic carbocycles. The second kappa shape index (κ2) is 12.5. The zero-order valence-corrected chi connectivity index (χ0v) is 32.4. The lowest BCUT2D eigenvalue weighted by Gasteiger charge is -2.64. The van der Waals surface area contributed by atoms with Crippen molar-refractivity contribution in [1.29, 1.82) is 0 Å². The van der Waals surface area contributed by atoms with Crippen LogP contribution in [-0.4, -0.2) is 131 Å². The number of aliphatic hydroxyl groups is 6. The topological polar surface area (TPSA) is 213 Å². The van der Waals surface area contributed by atoms with Crippen LogP contribution in [0.3, 0.4) is 0 Å². The fourth-order valence-electron chi connectivity index (χ4n) is 12.8. The van der Waals surface area contributed by atoms with Crippen molar-refractivity contribution in [2.45, 2.75) is 165 Å². The number of nitrogens with zero attached hydrogens (tertiary/aromatic N) is 1. The molecule has 0 aromatic rings.